The summed E-state index contributed by atoms with van der Waals surface area (Å²) in [4.78, 5) is 5.06. The first-order valence-corrected chi connectivity index (χ1v) is 9.62. The van der Waals surface area contributed by atoms with E-state index >= 15 is 0 Å². The summed E-state index contributed by atoms with van der Waals surface area (Å²) in [7, 11) is -3.96. The van der Waals surface area contributed by atoms with E-state index in [9.17, 15) is 12.8 Å². The average Bonchev–Trinajstić information content (AvgIpc) is 3.19. The van der Waals surface area contributed by atoms with Crippen molar-refractivity contribution in [2.45, 2.75) is 18.2 Å². The van der Waals surface area contributed by atoms with E-state index in [-0.39, 0.29) is 16.1 Å². The molecule has 0 aliphatic carbocycles. The van der Waals surface area contributed by atoms with Crippen LogP contribution in [0.15, 0.2) is 47.6 Å². The number of aromatic amines is 1. The van der Waals surface area contributed by atoms with Crippen molar-refractivity contribution in [2.24, 2.45) is 0 Å². The zero-order valence-corrected chi connectivity index (χ0v) is 14.8. The van der Waals surface area contributed by atoms with Crippen molar-refractivity contribution in [3.05, 3.63) is 69.4 Å². The lowest BCUT2D eigenvalue weighted by atomic mass is 10.2. The zero-order chi connectivity index (χ0) is 18.0. The quantitative estimate of drug-likeness (QED) is 0.711. The predicted molar refractivity (Wildman–Crippen MR) is 94.6 cm³/mol. The van der Waals surface area contributed by atoms with Crippen LogP contribution in [0.5, 0.6) is 0 Å². The Kier molecular flexibility index (Phi) is 4.61. The minimum absolute atomic E-state index is 0.0716. The maximum absolute atomic E-state index is 14.0. The molecule has 0 radical (unpaired) electrons. The van der Waals surface area contributed by atoms with E-state index < -0.39 is 15.8 Å². The first-order valence-electron chi connectivity index (χ1n) is 7.32. The Balaban J connectivity index is 1.88. The summed E-state index contributed by atoms with van der Waals surface area (Å²) in [6.07, 6.45) is 3.46. The van der Waals surface area contributed by atoms with Gasteiger partial charge in [-0.2, -0.15) is 5.26 Å². The van der Waals surface area contributed by atoms with Crippen LogP contribution in [0.3, 0.4) is 0 Å². The lowest BCUT2D eigenvalue weighted by Gasteiger charge is -2.09. The summed E-state index contributed by atoms with van der Waals surface area (Å²) >= 11 is 1.60. The molecule has 0 bridgehead atoms. The van der Waals surface area contributed by atoms with Gasteiger partial charge in [0.15, 0.2) is 0 Å². The van der Waals surface area contributed by atoms with Gasteiger partial charge in [0.2, 0.25) is 0 Å². The number of H-pyrrole nitrogens is 1. The molecule has 2 aromatic heterocycles. The predicted octanol–water partition coefficient (Wildman–Crippen LogP) is 3.79. The van der Waals surface area contributed by atoms with Crippen LogP contribution in [0.2, 0.25) is 0 Å². The fourth-order valence-electron chi connectivity index (χ4n) is 2.41. The summed E-state index contributed by atoms with van der Waals surface area (Å²) < 4.78 is 41.5. The summed E-state index contributed by atoms with van der Waals surface area (Å²) in [5.74, 6) is -0.798. The maximum Gasteiger partial charge on any atom is 0.263 e. The fraction of sp³-hybridized carbons (Fsp3) is 0.118. The number of thiophene rings is 1. The number of aromatic nitrogens is 1. The molecule has 8 heteroatoms. The Morgan fingerprint density at radius 1 is 1.28 bits per heavy atom. The molecular formula is C17H14FN3O2S2. The Bertz CT molecular complexity index is 1060. The normalized spacial score (nSPS) is 11.2. The van der Waals surface area contributed by atoms with Gasteiger partial charge in [0.25, 0.3) is 10.0 Å². The lowest BCUT2D eigenvalue weighted by Crippen LogP contribution is -2.15. The highest BCUT2D eigenvalue weighted by Gasteiger charge is 2.21. The van der Waals surface area contributed by atoms with Crippen LogP contribution >= 0.6 is 11.3 Å². The minimum atomic E-state index is -3.96. The summed E-state index contributed by atoms with van der Waals surface area (Å²) in [6.45, 7) is 1.98. The van der Waals surface area contributed by atoms with Gasteiger partial charge in [-0.15, -0.1) is 11.3 Å². The van der Waals surface area contributed by atoms with Gasteiger partial charge in [-0.1, -0.05) is 0 Å². The van der Waals surface area contributed by atoms with Gasteiger partial charge in [-0.05, 0) is 42.8 Å². The van der Waals surface area contributed by atoms with Crippen molar-refractivity contribution < 1.29 is 12.8 Å². The average molecular weight is 375 g/mol. The van der Waals surface area contributed by atoms with Crippen LogP contribution in [0.4, 0.5) is 10.1 Å². The van der Waals surface area contributed by atoms with Crippen LogP contribution in [0, 0.1) is 24.1 Å². The second-order valence-corrected chi connectivity index (χ2v) is 8.47. The first-order chi connectivity index (χ1) is 11.9. The van der Waals surface area contributed by atoms with E-state index in [4.69, 9.17) is 5.26 Å². The molecule has 25 heavy (non-hydrogen) atoms. The first kappa shape index (κ1) is 17.2. The molecule has 3 aromatic rings. The molecule has 0 spiro atoms. The molecule has 0 saturated carbocycles. The van der Waals surface area contributed by atoms with Crippen molar-refractivity contribution in [1.82, 2.24) is 4.98 Å². The van der Waals surface area contributed by atoms with Gasteiger partial charge in [-0.25, -0.2) is 12.8 Å². The number of halogens is 1. The van der Waals surface area contributed by atoms with Crippen molar-refractivity contribution in [3.63, 3.8) is 0 Å². The lowest BCUT2D eigenvalue weighted by molar-refractivity contribution is 0.598. The van der Waals surface area contributed by atoms with Crippen LogP contribution in [0.25, 0.3) is 0 Å². The SMILES string of the molecule is Cc1ccc(Cc2c[nH]cc2S(=O)(=O)Nc2ccc(C#N)cc2F)s1. The molecule has 0 atom stereocenters. The molecule has 0 aliphatic rings. The minimum Gasteiger partial charge on any atom is -0.366 e. The third-order valence-electron chi connectivity index (χ3n) is 3.58. The van der Waals surface area contributed by atoms with Crippen molar-refractivity contribution in [3.8, 4) is 6.07 Å². The van der Waals surface area contributed by atoms with Crippen LogP contribution in [0.1, 0.15) is 20.9 Å². The summed E-state index contributed by atoms with van der Waals surface area (Å²) in [6, 6.07) is 9.32. The standard InChI is InChI=1S/C17H14FN3O2S2/c1-11-2-4-14(24-11)7-13-9-20-10-17(13)25(22,23)21-16-5-3-12(8-19)6-15(16)18/h2-6,9-10,20-21H,7H2,1H3. The van der Waals surface area contributed by atoms with E-state index in [2.05, 4.69) is 9.71 Å². The van der Waals surface area contributed by atoms with Crippen LogP contribution < -0.4 is 4.72 Å². The Morgan fingerprint density at radius 2 is 2.08 bits per heavy atom. The number of sulfonamides is 1. The molecule has 2 N–H and O–H groups in total. The fourth-order valence-corrected chi connectivity index (χ4v) is 4.58. The third-order valence-corrected chi connectivity index (χ3v) is 6.03. The van der Waals surface area contributed by atoms with E-state index in [0.717, 1.165) is 15.8 Å². The highest BCUT2D eigenvalue weighted by Crippen LogP contribution is 2.26. The number of benzene rings is 1. The van der Waals surface area contributed by atoms with Crippen molar-refractivity contribution in [2.75, 3.05) is 4.72 Å². The molecule has 2 heterocycles. The maximum atomic E-state index is 14.0. The van der Waals surface area contributed by atoms with E-state index in [1.54, 1.807) is 23.6 Å². The highest BCUT2D eigenvalue weighted by atomic mass is 32.2. The molecule has 5 nitrogen and oxygen atoms in total. The highest BCUT2D eigenvalue weighted by molar-refractivity contribution is 7.92. The van der Waals surface area contributed by atoms with E-state index in [1.807, 2.05) is 19.1 Å². The largest absolute Gasteiger partial charge is 0.366 e. The number of aryl methyl sites for hydroxylation is 1. The van der Waals surface area contributed by atoms with Gasteiger partial charge in [-0.3, -0.25) is 4.72 Å². The number of nitrogens with zero attached hydrogens (tertiary/aromatic N) is 1. The van der Waals surface area contributed by atoms with Gasteiger partial charge < -0.3 is 4.98 Å². The smallest absolute Gasteiger partial charge is 0.263 e. The molecule has 128 valence electrons. The van der Waals surface area contributed by atoms with Crippen molar-refractivity contribution >= 4 is 27.0 Å². The Hall–Kier alpha value is -2.63. The molecule has 0 aliphatic heterocycles. The number of nitriles is 1. The Morgan fingerprint density at radius 3 is 2.72 bits per heavy atom. The topological polar surface area (TPSA) is 85.8 Å². The number of rotatable bonds is 5. The number of nitrogens with one attached hydrogen (secondary N) is 2. The molecule has 0 amide bonds. The molecule has 0 saturated heterocycles. The second-order valence-electron chi connectivity index (χ2n) is 5.45. The van der Waals surface area contributed by atoms with Gasteiger partial charge in [0.05, 0.1) is 17.3 Å². The molecule has 1 aromatic carbocycles. The second kappa shape index (κ2) is 6.70. The summed E-state index contributed by atoms with van der Waals surface area (Å²) in [5.41, 5.74) is 0.525. The van der Waals surface area contributed by atoms with Crippen molar-refractivity contribution in [1.29, 1.82) is 5.26 Å². The van der Waals surface area contributed by atoms with E-state index in [1.165, 1.54) is 18.3 Å². The van der Waals surface area contributed by atoms with Gasteiger partial charge in [0, 0.05) is 28.6 Å². The molecule has 0 fully saturated rings. The zero-order valence-electron chi connectivity index (χ0n) is 13.2. The summed E-state index contributed by atoms with van der Waals surface area (Å²) in [5, 5.41) is 8.76. The van der Waals surface area contributed by atoms with Crippen LogP contribution in [-0.2, 0) is 16.4 Å². The van der Waals surface area contributed by atoms with E-state index in [0.29, 0.717) is 12.0 Å². The Labute approximate surface area is 148 Å². The number of hydrogen-bond acceptors (Lipinski definition) is 4. The van der Waals surface area contributed by atoms with Gasteiger partial charge in [0.1, 0.15) is 10.7 Å². The number of hydrogen-bond donors (Lipinski definition) is 2. The number of anilines is 1. The van der Waals surface area contributed by atoms with Gasteiger partial charge >= 0.3 is 0 Å². The van der Waals surface area contributed by atoms with Crippen LogP contribution in [-0.4, -0.2) is 13.4 Å². The molecule has 0 unspecified atom stereocenters. The monoisotopic (exact) mass is 375 g/mol. The molecule has 3 rings (SSSR count). The third kappa shape index (κ3) is 3.73. The molecular weight excluding hydrogens is 361 g/mol.